The number of benzene rings is 4. The first-order valence-corrected chi connectivity index (χ1v) is 15.2. The van der Waals surface area contributed by atoms with Crippen molar-refractivity contribution in [2.45, 2.75) is 13.0 Å². The van der Waals surface area contributed by atoms with Gasteiger partial charge < -0.3 is 14.7 Å². The molecule has 0 spiro atoms. The molecule has 0 aliphatic carbocycles. The highest BCUT2D eigenvalue weighted by molar-refractivity contribution is 6.48. The number of nitro benzene ring substituents is 1. The first kappa shape index (κ1) is 27.7. The average molecular weight is 613 g/mol. The highest BCUT2D eigenvalue weighted by Crippen LogP contribution is 2.48. The van der Waals surface area contributed by atoms with Crippen LogP contribution in [-0.2, 0) is 0 Å². The van der Waals surface area contributed by atoms with E-state index < -0.39 is 0 Å². The molecule has 1 atom stereocenters. The number of nitrogens with zero attached hydrogens (tertiary/aromatic N) is 8. The quantitative estimate of drug-likeness (QED) is 0.165. The van der Waals surface area contributed by atoms with Crippen LogP contribution in [0.1, 0.15) is 22.9 Å². The van der Waals surface area contributed by atoms with E-state index >= 15 is 0 Å². The van der Waals surface area contributed by atoms with E-state index in [0.29, 0.717) is 24.7 Å². The number of aromatic nitrogens is 2. The molecule has 10 nitrogen and oxygen atoms in total. The number of anilines is 2. The molecule has 4 heterocycles. The van der Waals surface area contributed by atoms with Crippen LogP contribution in [0.3, 0.4) is 0 Å². The Morgan fingerprint density at radius 1 is 0.761 bits per heavy atom. The van der Waals surface area contributed by atoms with Gasteiger partial charge in [-0.25, -0.2) is 19.1 Å². The summed E-state index contributed by atoms with van der Waals surface area (Å²) in [6.07, 6.45) is 0. The summed E-state index contributed by atoms with van der Waals surface area (Å²) in [5, 5.41) is 16.5. The molecule has 0 N–H and O–H groups in total. The molecule has 11 heteroatoms. The van der Waals surface area contributed by atoms with Crippen molar-refractivity contribution >= 4 is 40.2 Å². The lowest BCUT2D eigenvalue weighted by atomic mass is 9.93. The summed E-state index contributed by atoms with van der Waals surface area (Å²) in [5.74, 6) is 1.91. The number of nitro groups is 1. The van der Waals surface area contributed by atoms with Crippen molar-refractivity contribution in [3.8, 4) is 5.69 Å². The van der Waals surface area contributed by atoms with E-state index in [1.807, 2.05) is 90.5 Å². The van der Waals surface area contributed by atoms with Crippen LogP contribution in [-0.4, -0.2) is 57.5 Å². The van der Waals surface area contributed by atoms with E-state index in [4.69, 9.17) is 15.1 Å². The van der Waals surface area contributed by atoms with Crippen molar-refractivity contribution in [2.24, 2.45) is 9.98 Å². The minimum atomic E-state index is -0.381. The topological polar surface area (TPSA) is 95.4 Å². The monoisotopic (exact) mass is 612 g/mol. The largest absolute Gasteiger partial charge is 0.368 e. The molecule has 0 saturated carbocycles. The molecule has 1 saturated heterocycles. The Bertz CT molecular complexity index is 2010. The van der Waals surface area contributed by atoms with Crippen LogP contribution >= 0.6 is 0 Å². The van der Waals surface area contributed by atoms with Crippen LogP contribution in [0.2, 0.25) is 0 Å². The number of aryl methyl sites for hydroxylation is 1. The molecule has 1 fully saturated rings. The number of halogens is 1. The van der Waals surface area contributed by atoms with Gasteiger partial charge in [-0.15, -0.1) is 0 Å². The third kappa shape index (κ3) is 4.59. The van der Waals surface area contributed by atoms with Crippen molar-refractivity contribution in [2.75, 3.05) is 36.0 Å². The third-order valence-corrected chi connectivity index (χ3v) is 8.81. The first-order chi connectivity index (χ1) is 22.5. The predicted octanol–water partition coefficient (Wildman–Crippen LogP) is 6.73. The fourth-order valence-corrected chi connectivity index (χ4v) is 6.58. The normalized spacial score (nSPS) is 17.1. The number of amidine groups is 2. The number of hydrogen-bond acceptors (Lipinski definition) is 8. The molecule has 0 amide bonds. The van der Waals surface area contributed by atoms with Crippen molar-refractivity contribution in [1.29, 1.82) is 0 Å². The molecule has 3 aliphatic rings. The van der Waals surface area contributed by atoms with Gasteiger partial charge in [0.1, 0.15) is 5.82 Å². The van der Waals surface area contributed by atoms with Crippen LogP contribution in [0.15, 0.2) is 113 Å². The summed E-state index contributed by atoms with van der Waals surface area (Å²) in [4.78, 5) is 28.4. The van der Waals surface area contributed by atoms with Gasteiger partial charge in [-0.3, -0.25) is 10.1 Å². The van der Waals surface area contributed by atoms with Crippen LogP contribution in [0, 0.1) is 22.9 Å². The van der Waals surface area contributed by atoms with Crippen LogP contribution in [0.25, 0.3) is 5.69 Å². The minimum Gasteiger partial charge on any atom is -0.368 e. The Labute approximate surface area is 264 Å². The predicted molar refractivity (Wildman–Crippen MR) is 177 cm³/mol. The molecule has 0 bridgehead atoms. The number of aliphatic imine (C=N–C) groups is 2. The van der Waals surface area contributed by atoms with Crippen molar-refractivity contribution in [3.63, 3.8) is 0 Å². The van der Waals surface area contributed by atoms with Gasteiger partial charge in [0.2, 0.25) is 0 Å². The van der Waals surface area contributed by atoms with Crippen LogP contribution in [0.5, 0.6) is 0 Å². The Hall–Kier alpha value is -5.84. The third-order valence-electron chi connectivity index (χ3n) is 8.81. The summed E-state index contributed by atoms with van der Waals surface area (Å²) < 4.78 is 15.5. The summed E-state index contributed by atoms with van der Waals surface area (Å²) in [6, 6.07) is 30.9. The zero-order valence-electron chi connectivity index (χ0n) is 25.0. The summed E-state index contributed by atoms with van der Waals surface area (Å²) in [6.45, 7) is 4.83. The zero-order chi connectivity index (χ0) is 31.4. The molecule has 3 aliphatic heterocycles. The van der Waals surface area contributed by atoms with Gasteiger partial charge in [-0.05, 0) is 73.2 Å². The molecule has 228 valence electrons. The molecular weight excluding hydrogens is 583 g/mol. The fraction of sp³-hybridized carbons (Fsp3) is 0.171. The molecular formula is C35H29FN8O2. The maximum atomic E-state index is 13.6. The second kappa shape index (κ2) is 11.0. The Morgan fingerprint density at radius 2 is 1.43 bits per heavy atom. The van der Waals surface area contributed by atoms with E-state index in [2.05, 4.69) is 14.7 Å². The number of non-ortho nitro benzene ring substituents is 1. The molecule has 4 aromatic carbocycles. The lowest BCUT2D eigenvalue weighted by molar-refractivity contribution is -0.384. The number of rotatable bonds is 4. The van der Waals surface area contributed by atoms with Crippen molar-refractivity contribution in [3.05, 3.63) is 136 Å². The second-order valence-electron chi connectivity index (χ2n) is 11.5. The average Bonchev–Trinajstić information content (AvgIpc) is 3.43. The van der Waals surface area contributed by atoms with Gasteiger partial charge in [0, 0.05) is 49.6 Å². The molecule has 5 aromatic rings. The van der Waals surface area contributed by atoms with Crippen LogP contribution in [0.4, 0.5) is 33.0 Å². The smallest absolute Gasteiger partial charge is 0.269 e. The molecule has 46 heavy (non-hydrogen) atoms. The number of fused-ring (bicyclic) bond motifs is 4. The highest BCUT2D eigenvalue weighted by atomic mass is 19.1. The number of para-hydroxylation sites is 3. The van der Waals surface area contributed by atoms with Crippen LogP contribution < -0.4 is 9.80 Å². The summed E-state index contributed by atoms with van der Waals surface area (Å²) in [7, 11) is 0. The highest BCUT2D eigenvalue weighted by Gasteiger charge is 2.43. The first-order valence-electron chi connectivity index (χ1n) is 15.2. The van der Waals surface area contributed by atoms with Gasteiger partial charge >= 0.3 is 0 Å². The van der Waals surface area contributed by atoms with E-state index in [0.717, 1.165) is 58.5 Å². The second-order valence-corrected chi connectivity index (χ2v) is 11.5. The molecule has 0 radical (unpaired) electrons. The van der Waals surface area contributed by atoms with Gasteiger partial charge in [0.05, 0.1) is 33.7 Å². The van der Waals surface area contributed by atoms with Gasteiger partial charge in [0.25, 0.3) is 5.69 Å². The SMILES string of the molecule is Cc1nn(-c2ccccc2)c2c1[C@H](c1ccc([N+](=O)[O-])cc1)N1C(=N2)C(N2CCN(c3ccc(F)cc3)CC2)=Nc2ccccc21. The summed E-state index contributed by atoms with van der Waals surface area (Å²) >= 11 is 0. The van der Waals surface area contributed by atoms with Crippen molar-refractivity contribution in [1.82, 2.24) is 14.7 Å². The fourth-order valence-electron chi connectivity index (χ4n) is 6.58. The van der Waals surface area contributed by atoms with E-state index in [1.54, 1.807) is 12.1 Å². The van der Waals surface area contributed by atoms with Crippen molar-refractivity contribution < 1.29 is 9.31 Å². The molecule has 8 rings (SSSR count). The Kier molecular flexibility index (Phi) is 6.59. The van der Waals surface area contributed by atoms with E-state index in [1.165, 1.54) is 12.1 Å². The maximum absolute atomic E-state index is 13.6. The number of piperazine rings is 1. The van der Waals surface area contributed by atoms with E-state index in [-0.39, 0.29) is 22.5 Å². The van der Waals surface area contributed by atoms with E-state index in [9.17, 15) is 14.5 Å². The lowest BCUT2D eigenvalue weighted by Crippen LogP contribution is -2.55. The van der Waals surface area contributed by atoms with Gasteiger partial charge in [-0.1, -0.05) is 30.3 Å². The Balaban J connectivity index is 1.27. The maximum Gasteiger partial charge on any atom is 0.269 e. The molecule has 1 aromatic heterocycles. The lowest BCUT2D eigenvalue weighted by Gasteiger charge is -2.44. The van der Waals surface area contributed by atoms with Gasteiger partial charge in [-0.2, -0.15) is 5.10 Å². The number of hydrogen-bond donors (Lipinski definition) is 0. The van der Waals surface area contributed by atoms with Gasteiger partial charge in [0.15, 0.2) is 17.5 Å². The zero-order valence-corrected chi connectivity index (χ0v) is 25.0. The molecule has 0 unspecified atom stereocenters. The minimum absolute atomic E-state index is 0.0331. The summed E-state index contributed by atoms with van der Waals surface area (Å²) in [5.41, 5.74) is 6.25. The Morgan fingerprint density at radius 3 is 2.15 bits per heavy atom. The standard InChI is InChI=1S/C35H29FN8O2/c1-23-31-32(24-11-15-28(16-12-24)44(45)46)42-30-10-6-5-9-29(30)37-34(35(42)38-33(31)43(39-23)27-7-3-2-4-8-27)41-21-19-40(20-22-41)26-17-13-25(36)14-18-26/h2-18,32H,19-22H2,1H3/t32-/m0/s1.